The number of rotatable bonds is 6. The van der Waals surface area contributed by atoms with Gasteiger partial charge in [0.25, 0.3) is 0 Å². The lowest BCUT2D eigenvalue weighted by atomic mass is 10.0. The zero-order valence-electron chi connectivity index (χ0n) is 19.5. The molecule has 2 aliphatic rings. The van der Waals surface area contributed by atoms with E-state index < -0.39 is 0 Å². The molecule has 2 N–H and O–H groups in total. The Morgan fingerprint density at radius 1 is 1.06 bits per heavy atom. The molecular weight excluding hydrogens is 423 g/mol. The zero-order valence-corrected chi connectivity index (χ0v) is 19.5. The van der Waals surface area contributed by atoms with Gasteiger partial charge in [0.05, 0.1) is 12.5 Å². The highest BCUT2D eigenvalue weighted by Crippen LogP contribution is 2.36. The maximum absolute atomic E-state index is 13.0. The molecule has 2 atom stereocenters. The van der Waals surface area contributed by atoms with E-state index in [9.17, 15) is 14.0 Å². The first-order valence-electron chi connectivity index (χ1n) is 11.4. The average Bonchev–Trinajstić information content (AvgIpc) is 3.59. The Bertz CT molecular complexity index is 911. The number of nitrogens with zero attached hydrogens (tertiary/aromatic N) is 1. The maximum Gasteiger partial charge on any atom is 0.227 e. The number of hydrogen-bond donors (Lipinski definition) is 1. The van der Waals surface area contributed by atoms with Crippen molar-refractivity contribution in [3.63, 3.8) is 0 Å². The van der Waals surface area contributed by atoms with Crippen molar-refractivity contribution in [3.05, 3.63) is 59.9 Å². The summed E-state index contributed by atoms with van der Waals surface area (Å²) in [6.45, 7) is 6.76. The maximum atomic E-state index is 13.0. The molecule has 0 aromatic heterocycles. The van der Waals surface area contributed by atoms with Crippen molar-refractivity contribution in [2.45, 2.75) is 52.5 Å². The minimum atomic E-state index is -0.309. The number of likely N-dealkylation sites (tertiary alicyclic amines) is 1. The highest BCUT2D eigenvalue weighted by molar-refractivity contribution is 5.93. The molecule has 1 aliphatic heterocycles. The third kappa shape index (κ3) is 7.70. The summed E-state index contributed by atoms with van der Waals surface area (Å²) < 4.78 is 18.6. The number of benzene rings is 2. The second-order valence-corrected chi connectivity index (χ2v) is 8.09. The topological polar surface area (TPSA) is 89.7 Å². The van der Waals surface area contributed by atoms with Gasteiger partial charge in [0.1, 0.15) is 17.3 Å². The van der Waals surface area contributed by atoms with Crippen molar-refractivity contribution < 1.29 is 23.5 Å². The number of ether oxygens (including phenoxy) is 1. The molecule has 2 aromatic carbocycles. The summed E-state index contributed by atoms with van der Waals surface area (Å²) in [6.07, 6.45) is 3.26. The molecule has 1 heterocycles. The van der Waals surface area contributed by atoms with Crippen molar-refractivity contribution in [1.29, 1.82) is 0 Å². The molecule has 1 saturated heterocycles. The Morgan fingerprint density at radius 3 is 2.09 bits per heavy atom. The molecule has 2 aromatic rings. The zero-order chi connectivity index (χ0) is 24.4. The number of Topliss-reactive ketones (excluding diaryl/α,β-unsaturated/α-hetero) is 1. The van der Waals surface area contributed by atoms with Gasteiger partial charge >= 0.3 is 0 Å². The second-order valence-electron chi connectivity index (χ2n) is 8.09. The number of ketones is 1. The largest absolute Gasteiger partial charge is 0.457 e. The molecule has 4 rings (SSSR count). The number of carbonyl (C=O) groups excluding carboxylic acids is 3. The fourth-order valence-electron chi connectivity index (χ4n) is 3.82. The smallest absolute Gasteiger partial charge is 0.227 e. The first-order chi connectivity index (χ1) is 15.9. The molecule has 0 bridgehead atoms. The molecule has 2 unspecified atom stereocenters. The monoisotopic (exact) mass is 456 g/mol. The van der Waals surface area contributed by atoms with E-state index in [4.69, 9.17) is 9.53 Å². The summed E-state index contributed by atoms with van der Waals surface area (Å²) in [6, 6.07) is 12.9. The van der Waals surface area contributed by atoms with Crippen LogP contribution < -0.4 is 10.5 Å². The Hall–Kier alpha value is -3.22. The van der Waals surface area contributed by atoms with Crippen LogP contribution in [0.3, 0.4) is 0 Å². The summed E-state index contributed by atoms with van der Waals surface area (Å²) in [5.41, 5.74) is 5.05. The van der Waals surface area contributed by atoms with E-state index >= 15 is 0 Å². The molecule has 178 valence electrons. The third-order valence-corrected chi connectivity index (χ3v) is 5.47. The van der Waals surface area contributed by atoms with Gasteiger partial charge in [-0.15, -0.1) is 0 Å². The van der Waals surface area contributed by atoms with Gasteiger partial charge < -0.3 is 15.4 Å². The number of amides is 2. The summed E-state index contributed by atoms with van der Waals surface area (Å²) in [7, 11) is 0. The van der Waals surface area contributed by atoms with Crippen molar-refractivity contribution >= 4 is 18.1 Å². The van der Waals surface area contributed by atoms with E-state index in [1.165, 1.54) is 12.1 Å². The highest BCUT2D eigenvalue weighted by Gasteiger charge is 2.43. The number of halogens is 1. The lowest BCUT2D eigenvalue weighted by Gasteiger charge is -2.24. The van der Waals surface area contributed by atoms with Crippen molar-refractivity contribution in [1.82, 2.24) is 4.90 Å². The third-order valence-electron chi connectivity index (χ3n) is 5.47. The van der Waals surface area contributed by atoms with Gasteiger partial charge in [0, 0.05) is 12.5 Å². The molecular formula is C26H33FN2O4. The number of carbonyl (C=O) groups is 3. The Kier molecular flexibility index (Phi) is 10.0. The molecule has 1 aliphatic carbocycles. The lowest BCUT2D eigenvalue weighted by molar-refractivity contribution is -0.137. The van der Waals surface area contributed by atoms with Crippen LogP contribution in [0.5, 0.6) is 11.5 Å². The van der Waals surface area contributed by atoms with Crippen molar-refractivity contribution in [3.8, 4) is 11.5 Å². The number of nitrogens with two attached hydrogens (primary N) is 1. The van der Waals surface area contributed by atoms with Crippen LogP contribution >= 0.6 is 0 Å². The van der Waals surface area contributed by atoms with E-state index in [1.54, 1.807) is 29.2 Å². The molecule has 6 nitrogen and oxygen atoms in total. The molecule has 0 spiro atoms. The molecule has 7 heteroatoms. The van der Waals surface area contributed by atoms with E-state index in [1.807, 2.05) is 26.0 Å². The van der Waals surface area contributed by atoms with Gasteiger partial charge in [-0.25, -0.2) is 4.39 Å². The molecule has 2 amide bonds. The minimum absolute atomic E-state index is 0.00977. The predicted octanol–water partition coefficient (Wildman–Crippen LogP) is 4.50. The van der Waals surface area contributed by atoms with E-state index in [0.717, 1.165) is 24.8 Å². The normalized spacial score (nSPS) is 18.8. The van der Waals surface area contributed by atoms with Crippen molar-refractivity contribution in [2.24, 2.45) is 17.6 Å². The van der Waals surface area contributed by atoms with Crippen LogP contribution in [0.2, 0.25) is 0 Å². The molecule has 0 radical (unpaired) electrons. The average molecular weight is 457 g/mol. The summed E-state index contributed by atoms with van der Waals surface area (Å²) in [4.78, 5) is 35.7. The van der Waals surface area contributed by atoms with Crippen LogP contribution in [0.25, 0.3) is 0 Å². The quantitative estimate of drug-likeness (QED) is 0.648. The Morgan fingerprint density at radius 2 is 1.58 bits per heavy atom. The summed E-state index contributed by atoms with van der Waals surface area (Å²) in [5.74, 6) is 1.67. The van der Waals surface area contributed by atoms with Gasteiger partial charge in [0.15, 0.2) is 5.78 Å². The van der Waals surface area contributed by atoms with Crippen molar-refractivity contribution in [2.75, 3.05) is 6.54 Å². The highest BCUT2D eigenvalue weighted by atomic mass is 19.1. The molecule has 1 saturated carbocycles. The first kappa shape index (κ1) is 26.0. The number of hydrogen-bond acceptors (Lipinski definition) is 4. The number of primary amides is 1. The van der Waals surface area contributed by atoms with Crippen LogP contribution in [-0.4, -0.2) is 35.6 Å². The van der Waals surface area contributed by atoms with Gasteiger partial charge in [-0.3, -0.25) is 14.4 Å². The van der Waals surface area contributed by atoms with Crippen LogP contribution in [0.4, 0.5) is 4.39 Å². The summed E-state index contributed by atoms with van der Waals surface area (Å²) in [5, 5.41) is 0. The van der Waals surface area contributed by atoms with Gasteiger partial charge in [-0.05, 0) is 67.1 Å². The summed E-state index contributed by atoms with van der Waals surface area (Å²) >= 11 is 0. The second kappa shape index (κ2) is 12.7. The van der Waals surface area contributed by atoms with Crippen LogP contribution in [0.1, 0.15) is 45.6 Å². The Balaban J connectivity index is 0.000000714. The van der Waals surface area contributed by atoms with Gasteiger partial charge in [-0.2, -0.15) is 0 Å². The van der Waals surface area contributed by atoms with Crippen LogP contribution in [-0.2, 0) is 20.8 Å². The Labute approximate surface area is 194 Å². The van der Waals surface area contributed by atoms with Crippen LogP contribution in [0, 0.1) is 17.7 Å². The molecule has 2 fully saturated rings. The lowest BCUT2D eigenvalue weighted by Crippen LogP contribution is -2.42. The fourth-order valence-corrected chi connectivity index (χ4v) is 3.82. The fraction of sp³-hybridized carbons (Fsp3) is 0.423. The van der Waals surface area contributed by atoms with Gasteiger partial charge in [-0.1, -0.05) is 32.9 Å². The predicted molar refractivity (Wildman–Crippen MR) is 125 cm³/mol. The van der Waals surface area contributed by atoms with E-state index in [-0.39, 0.29) is 42.3 Å². The minimum Gasteiger partial charge on any atom is -0.457 e. The van der Waals surface area contributed by atoms with E-state index in [0.29, 0.717) is 24.0 Å². The molecule has 33 heavy (non-hydrogen) atoms. The van der Waals surface area contributed by atoms with E-state index in [2.05, 4.69) is 12.7 Å². The SMILES string of the molecule is CC.CC1CC(C(=O)C2CC2)N(C(=O)Cc2ccc(Oc3ccc(F)cc3)cc2)C1.NC=O. The first-order valence-corrected chi connectivity index (χ1v) is 11.4. The van der Waals surface area contributed by atoms with Gasteiger partial charge in [0.2, 0.25) is 12.3 Å². The standard InChI is InChI=1S/C23H24FNO3.C2H6.CH3NO/c1-15-12-21(23(27)17-4-5-17)25(14-15)22(26)13-16-2-8-19(9-3-16)28-20-10-6-18(24)7-11-20;1-2;2-1-3/h2-3,6-11,15,17,21H,4-5,12-14H2,1H3;1-2H3;1H,(H2,2,3). The van der Waals surface area contributed by atoms with Crippen LogP contribution in [0.15, 0.2) is 48.5 Å².